The fourth-order valence-corrected chi connectivity index (χ4v) is 4.83. The van der Waals surface area contributed by atoms with E-state index in [0.29, 0.717) is 13.2 Å². The molecular weight excluding hydrogens is 324 g/mol. The van der Waals surface area contributed by atoms with Crippen molar-refractivity contribution in [3.63, 3.8) is 0 Å². The Balaban J connectivity index is 1.82. The Morgan fingerprint density at radius 1 is 1.16 bits per heavy atom. The van der Waals surface area contributed by atoms with Crippen LogP contribution in [0.2, 0.25) is 0 Å². The third kappa shape index (κ3) is 2.04. The monoisotopic (exact) mass is 346 g/mol. The number of carbonyl (C=O) groups is 2. The smallest absolute Gasteiger partial charge is 0.323 e. The highest BCUT2D eigenvalue weighted by molar-refractivity contribution is 5.96. The lowest BCUT2D eigenvalue weighted by Gasteiger charge is -2.36. The van der Waals surface area contributed by atoms with Gasteiger partial charge in [-0.3, -0.25) is 9.59 Å². The van der Waals surface area contributed by atoms with E-state index in [4.69, 9.17) is 18.9 Å². The summed E-state index contributed by atoms with van der Waals surface area (Å²) in [5.41, 5.74) is 1.44. The first-order chi connectivity index (χ1) is 12.0. The van der Waals surface area contributed by atoms with Gasteiger partial charge < -0.3 is 18.9 Å². The average Bonchev–Trinajstić information content (AvgIpc) is 3.21. The molecule has 1 saturated heterocycles. The first-order valence-electron chi connectivity index (χ1n) is 8.50. The number of methoxy groups -OCH3 is 2. The predicted octanol–water partition coefficient (Wildman–Crippen LogP) is 1.98. The molecule has 4 rings (SSSR count). The van der Waals surface area contributed by atoms with Gasteiger partial charge in [0.2, 0.25) is 0 Å². The van der Waals surface area contributed by atoms with Crippen LogP contribution in [0.15, 0.2) is 24.3 Å². The van der Waals surface area contributed by atoms with Gasteiger partial charge >= 0.3 is 11.9 Å². The third-order valence-corrected chi connectivity index (χ3v) is 6.23. The Kier molecular flexibility index (Phi) is 3.67. The topological polar surface area (TPSA) is 71.1 Å². The van der Waals surface area contributed by atoms with E-state index < -0.39 is 29.6 Å². The summed E-state index contributed by atoms with van der Waals surface area (Å²) in [5.74, 6) is -2.25. The molecule has 0 N–H and O–H groups in total. The van der Waals surface area contributed by atoms with Gasteiger partial charge in [0.15, 0.2) is 5.92 Å². The van der Waals surface area contributed by atoms with Crippen molar-refractivity contribution in [1.29, 1.82) is 0 Å². The second-order valence-corrected chi connectivity index (χ2v) is 7.23. The molecule has 0 amide bonds. The molecule has 6 nitrogen and oxygen atoms in total. The van der Waals surface area contributed by atoms with Crippen LogP contribution in [-0.2, 0) is 28.5 Å². The maximum atomic E-state index is 12.3. The highest BCUT2D eigenvalue weighted by atomic mass is 16.6. The van der Waals surface area contributed by atoms with Crippen molar-refractivity contribution in [3.05, 3.63) is 35.4 Å². The van der Waals surface area contributed by atoms with Gasteiger partial charge in [-0.25, -0.2) is 0 Å². The molecule has 1 spiro atoms. The quantitative estimate of drug-likeness (QED) is 0.616. The number of benzene rings is 1. The zero-order chi connectivity index (χ0) is 17.8. The van der Waals surface area contributed by atoms with Crippen LogP contribution in [0.4, 0.5) is 0 Å². The standard InChI is InChI=1S/C19H22O6/c1-18-8-9-24-10-19(18)15(18)12-7-5-4-6-11(12)14(25-19)13(16(20)22-2)17(21)23-3/h4-7,13-15H,8-10H2,1-3H3. The number of rotatable bonds is 3. The molecule has 25 heavy (non-hydrogen) atoms. The number of hydrogen-bond acceptors (Lipinski definition) is 6. The minimum Gasteiger partial charge on any atom is -0.468 e. The molecule has 2 fully saturated rings. The van der Waals surface area contributed by atoms with Crippen molar-refractivity contribution in [2.45, 2.75) is 31.0 Å². The molecule has 4 unspecified atom stereocenters. The second-order valence-electron chi connectivity index (χ2n) is 7.23. The lowest BCUT2D eigenvalue weighted by molar-refractivity contribution is -0.180. The van der Waals surface area contributed by atoms with Gasteiger partial charge in [-0.05, 0) is 17.5 Å². The van der Waals surface area contributed by atoms with Crippen LogP contribution < -0.4 is 0 Å². The Labute approximate surface area is 146 Å². The summed E-state index contributed by atoms with van der Waals surface area (Å²) in [6, 6.07) is 7.85. The van der Waals surface area contributed by atoms with Crippen LogP contribution >= 0.6 is 0 Å². The maximum Gasteiger partial charge on any atom is 0.323 e. The summed E-state index contributed by atoms with van der Waals surface area (Å²) in [7, 11) is 2.53. The number of hydrogen-bond donors (Lipinski definition) is 0. The van der Waals surface area contributed by atoms with Crippen LogP contribution in [0, 0.1) is 11.3 Å². The van der Waals surface area contributed by atoms with E-state index in [-0.39, 0.29) is 11.3 Å². The van der Waals surface area contributed by atoms with Crippen molar-refractivity contribution in [2.75, 3.05) is 27.4 Å². The molecular formula is C19H22O6. The van der Waals surface area contributed by atoms with Gasteiger partial charge in [-0.15, -0.1) is 0 Å². The molecule has 1 aromatic rings. The summed E-state index contributed by atoms with van der Waals surface area (Å²) >= 11 is 0. The third-order valence-electron chi connectivity index (χ3n) is 6.23. The van der Waals surface area contributed by atoms with E-state index in [9.17, 15) is 9.59 Å². The van der Waals surface area contributed by atoms with Crippen LogP contribution in [0.5, 0.6) is 0 Å². The molecule has 4 atom stereocenters. The largest absolute Gasteiger partial charge is 0.468 e. The number of fused-ring (bicyclic) bond motifs is 3. The second kappa shape index (κ2) is 5.54. The van der Waals surface area contributed by atoms with Gasteiger partial charge in [-0.1, -0.05) is 31.2 Å². The molecule has 6 heteroatoms. The Hall–Kier alpha value is -1.92. The zero-order valence-electron chi connectivity index (χ0n) is 14.6. The minimum absolute atomic E-state index is 0.0487. The summed E-state index contributed by atoms with van der Waals surface area (Å²) in [6.07, 6.45) is 0.149. The van der Waals surface area contributed by atoms with E-state index in [1.54, 1.807) is 0 Å². The molecule has 134 valence electrons. The Morgan fingerprint density at radius 2 is 1.80 bits per heavy atom. The van der Waals surface area contributed by atoms with Gasteiger partial charge in [0.05, 0.1) is 20.8 Å². The van der Waals surface area contributed by atoms with Crippen molar-refractivity contribution < 1.29 is 28.5 Å². The summed E-state index contributed by atoms with van der Waals surface area (Å²) in [6.45, 7) is 3.36. The van der Waals surface area contributed by atoms with E-state index >= 15 is 0 Å². The molecule has 1 aromatic carbocycles. The molecule has 1 saturated carbocycles. The lowest BCUT2D eigenvalue weighted by atomic mass is 9.87. The molecule has 1 aliphatic carbocycles. The highest BCUT2D eigenvalue weighted by Gasteiger charge is 2.79. The van der Waals surface area contributed by atoms with Gasteiger partial charge in [0.25, 0.3) is 0 Å². The molecule has 0 radical (unpaired) electrons. The number of carbonyl (C=O) groups excluding carboxylic acids is 2. The SMILES string of the molecule is COC(=O)C(C(=O)OC)C1OC23COCCC2(C)C3c2ccccc21. The predicted molar refractivity (Wildman–Crippen MR) is 86.8 cm³/mol. The number of esters is 2. The van der Waals surface area contributed by atoms with Gasteiger partial charge in [-0.2, -0.15) is 0 Å². The Bertz CT molecular complexity index is 714. The first kappa shape index (κ1) is 16.5. The Morgan fingerprint density at radius 3 is 2.44 bits per heavy atom. The first-order valence-corrected chi connectivity index (χ1v) is 8.50. The highest BCUT2D eigenvalue weighted by Crippen LogP contribution is 2.76. The van der Waals surface area contributed by atoms with E-state index in [2.05, 4.69) is 13.0 Å². The minimum atomic E-state index is -1.15. The van der Waals surface area contributed by atoms with Crippen LogP contribution in [0.3, 0.4) is 0 Å². The van der Waals surface area contributed by atoms with E-state index in [1.807, 2.05) is 18.2 Å². The molecule has 0 bridgehead atoms. The lowest BCUT2D eigenvalue weighted by Crippen LogP contribution is -2.42. The van der Waals surface area contributed by atoms with E-state index in [1.165, 1.54) is 14.2 Å². The van der Waals surface area contributed by atoms with Crippen molar-refractivity contribution in [3.8, 4) is 0 Å². The van der Waals surface area contributed by atoms with Crippen LogP contribution in [0.25, 0.3) is 0 Å². The maximum absolute atomic E-state index is 12.3. The van der Waals surface area contributed by atoms with E-state index in [0.717, 1.165) is 17.5 Å². The molecule has 2 heterocycles. The normalized spacial score (nSPS) is 35.2. The summed E-state index contributed by atoms with van der Waals surface area (Å²) < 4.78 is 21.9. The van der Waals surface area contributed by atoms with Crippen LogP contribution in [-0.4, -0.2) is 45.0 Å². The van der Waals surface area contributed by atoms with Gasteiger partial charge in [0, 0.05) is 17.9 Å². The van der Waals surface area contributed by atoms with Crippen LogP contribution in [0.1, 0.15) is 36.5 Å². The average molecular weight is 346 g/mol. The fourth-order valence-electron chi connectivity index (χ4n) is 4.83. The zero-order valence-corrected chi connectivity index (χ0v) is 14.6. The fraction of sp³-hybridized carbons (Fsp3) is 0.579. The van der Waals surface area contributed by atoms with Crippen molar-refractivity contribution in [2.24, 2.45) is 11.3 Å². The molecule has 2 aliphatic heterocycles. The molecule has 0 aromatic heterocycles. The van der Waals surface area contributed by atoms with Crippen molar-refractivity contribution >= 4 is 11.9 Å². The number of ether oxygens (including phenoxy) is 4. The van der Waals surface area contributed by atoms with Gasteiger partial charge in [0.1, 0.15) is 11.7 Å². The molecule has 3 aliphatic rings. The van der Waals surface area contributed by atoms with Crippen molar-refractivity contribution in [1.82, 2.24) is 0 Å². The summed E-state index contributed by atoms with van der Waals surface area (Å²) in [5, 5.41) is 0. The summed E-state index contributed by atoms with van der Waals surface area (Å²) in [4.78, 5) is 24.7.